The lowest BCUT2D eigenvalue weighted by molar-refractivity contribution is -0.117. The van der Waals surface area contributed by atoms with E-state index in [2.05, 4.69) is 5.32 Å². The summed E-state index contributed by atoms with van der Waals surface area (Å²) in [5, 5.41) is 20.6. The number of aromatic carboxylic acids is 1. The Morgan fingerprint density at radius 3 is 2.65 bits per heavy atom. The average Bonchev–Trinajstić information content (AvgIpc) is 2.30. The van der Waals surface area contributed by atoms with Crippen LogP contribution in [0.25, 0.3) is 0 Å². The molecule has 0 spiro atoms. The molecule has 0 aromatic heterocycles. The molecule has 17 heavy (non-hydrogen) atoms. The van der Waals surface area contributed by atoms with E-state index in [4.69, 9.17) is 10.8 Å². The van der Waals surface area contributed by atoms with E-state index in [9.17, 15) is 14.7 Å². The molecule has 92 valence electrons. The van der Waals surface area contributed by atoms with Crippen molar-refractivity contribution in [2.24, 2.45) is 5.73 Å². The normalized spacial score (nSPS) is 11.9. The highest BCUT2D eigenvalue weighted by Crippen LogP contribution is 2.24. The minimum absolute atomic E-state index is 0.0248. The molecule has 0 aliphatic heterocycles. The molecular weight excluding hydrogens is 224 g/mol. The van der Waals surface area contributed by atoms with Gasteiger partial charge in [0.2, 0.25) is 5.91 Å². The fourth-order valence-electron chi connectivity index (χ4n) is 1.18. The monoisotopic (exact) mass is 238 g/mol. The summed E-state index contributed by atoms with van der Waals surface area (Å²) in [4.78, 5) is 22.2. The first kappa shape index (κ1) is 13.0. The van der Waals surface area contributed by atoms with Gasteiger partial charge in [-0.15, -0.1) is 0 Å². The van der Waals surface area contributed by atoms with Gasteiger partial charge in [0.1, 0.15) is 5.75 Å². The quantitative estimate of drug-likeness (QED) is 0.578. The van der Waals surface area contributed by atoms with Gasteiger partial charge in [-0.05, 0) is 24.6 Å². The van der Waals surface area contributed by atoms with Crippen LogP contribution in [0, 0.1) is 0 Å². The number of rotatable bonds is 4. The summed E-state index contributed by atoms with van der Waals surface area (Å²) >= 11 is 0. The van der Waals surface area contributed by atoms with Gasteiger partial charge in [0, 0.05) is 0 Å². The summed E-state index contributed by atoms with van der Waals surface area (Å²) in [6.07, 6.45) is 0.450. The molecule has 0 saturated heterocycles. The number of phenols is 1. The first-order valence-corrected chi connectivity index (χ1v) is 5.08. The van der Waals surface area contributed by atoms with Crippen LogP contribution in [0.5, 0.6) is 5.75 Å². The molecule has 6 heteroatoms. The lowest BCUT2D eigenvalue weighted by Crippen LogP contribution is -2.34. The molecule has 0 aliphatic carbocycles. The summed E-state index contributed by atoms with van der Waals surface area (Å²) in [5.74, 6) is -1.81. The summed E-state index contributed by atoms with van der Waals surface area (Å²) in [6, 6.07) is 2.93. The number of phenolic OH excluding ortho intramolecular Hbond substituents is 1. The molecule has 1 aromatic carbocycles. The van der Waals surface area contributed by atoms with Gasteiger partial charge < -0.3 is 21.3 Å². The number of benzene rings is 1. The molecule has 0 heterocycles. The minimum Gasteiger partial charge on any atom is -0.506 e. The topological polar surface area (TPSA) is 113 Å². The van der Waals surface area contributed by atoms with Crippen LogP contribution in [0.1, 0.15) is 23.7 Å². The van der Waals surface area contributed by atoms with Gasteiger partial charge >= 0.3 is 5.97 Å². The van der Waals surface area contributed by atoms with Gasteiger partial charge in [-0.1, -0.05) is 6.92 Å². The molecule has 0 aliphatic rings. The smallest absolute Gasteiger partial charge is 0.335 e. The van der Waals surface area contributed by atoms with Crippen LogP contribution >= 0.6 is 0 Å². The van der Waals surface area contributed by atoms with Crippen molar-refractivity contribution in [2.45, 2.75) is 19.4 Å². The van der Waals surface area contributed by atoms with E-state index >= 15 is 0 Å². The van der Waals surface area contributed by atoms with Gasteiger partial charge in [0.15, 0.2) is 0 Å². The molecular formula is C11H14N2O4. The molecule has 1 amide bonds. The fraction of sp³-hybridized carbons (Fsp3) is 0.273. The maximum Gasteiger partial charge on any atom is 0.335 e. The predicted octanol–water partition coefficient (Wildman–Crippen LogP) is 0.766. The zero-order valence-corrected chi connectivity index (χ0v) is 9.30. The number of hydrogen-bond donors (Lipinski definition) is 4. The number of carboxylic acid groups (broad SMARTS) is 1. The van der Waals surface area contributed by atoms with Crippen molar-refractivity contribution >= 4 is 17.6 Å². The highest BCUT2D eigenvalue weighted by atomic mass is 16.4. The number of aromatic hydroxyl groups is 1. The Balaban J connectivity index is 2.94. The summed E-state index contributed by atoms with van der Waals surface area (Å²) in [7, 11) is 0. The predicted molar refractivity (Wildman–Crippen MR) is 62.0 cm³/mol. The standard InChI is InChI=1S/C11H14N2O4/c1-2-7(12)10(15)13-8-5-6(11(16)17)3-4-9(8)14/h3-5,7,14H,2,12H2,1H3,(H,13,15)(H,16,17)/t7-/m1/s1. The minimum atomic E-state index is -1.14. The number of nitrogens with one attached hydrogen (secondary N) is 1. The van der Waals surface area contributed by atoms with E-state index in [1.54, 1.807) is 6.92 Å². The molecule has 5 N–H and O–H groups in total. The Kier molecular flexibility index (Phi) is 4.06. The van der Waals surface area contributed by atoms with Gasteiger partial charge in [-0.25, -0.2) is 4.79 Å². The first-order valence-electron chi connectivity index (χ1n) is 5.08. The summed E-state index contributed by atoms with van der Waals surface area (Å²) in [6.45, 7) is 1.75. The summed E-state index contributed by atoms with van der Waals surface area (Å²) < 4.78 is 0. The van der Waals surface area contributed by atoms with E-state index in [0.717, 1.165) is 0 Å². The average molecular weight is 238 g/mol. The molecule has 6 nitrogen and oxygen atoms in total. The third-order valence-corrected chi connectivity index (χ3v) is 2.28. The zero-order chi connectivity index (χ0) is 13.0. The number of carboxylic acids is 1. The van der Waals surface area contributed by atoms with Crippen LogP contribution in [0.4, 0.5) is 5.69 Å². The molecule has 1 atom stereocenters. The zero-order valence-electron chi connectivity index (χ0n) is 9.30. The Morgan fingerprint density at radius 1 is 1.47 bits per heavy atom. The van der Waals surface area contributed by atoms with E-state index in [0.29, 0.717) is 6.42 Å². The number of anilines is 1. The lowest BCUT2D eigenvalue weighted by atomic mass is 10.1. The van der Waals surface area contributed by atoms with Crippen molar-refractivity contribution in [1.82, 2.24) is 0 Å². The number of carbonyl (C=O) groups excluding carboxylic acids is 1. The van der Waals surface area contributed by atoms with Crippen molar-refractivity contribution in [1.29, 1.82) is 0 Å². The largest absolute Gasteiger partial charge is 0.506 e. The molecule has 0 saturated carbocycles. The van der Waals surface area contributed by atoms with Crippen LogP contribution < -0.4 is 11.1 Å². The first-order chi connectivity index (χ1) is 7.95. The van der Waals surface area contributed by atoms with Crippen molar-refractivity contribution in [2.75, 3.05) is 5.32 Å². The molecule has 0 unspecified atom stereocenters. The Bertz CT molecular complexity index is 445. The van der Waals surface area contributed by atoms with Crippen LogP contribution in [0.15, 0.2) is 18.2 Å². The second-order valence-electron chi connectivity index (χ2n) is 3.54. The maximum absolute atomic E-state index is 11.5. The second-order valence-corrected chi connectivity index (χ2v) is 3.54. The van der Waals surface area contributed by atoms with Crippen molar-refractivity contribution in [3.05, 3.63) is 23.8 Å². The van der Waals surface area contributed by atoms with Crippen molar-refractivity contribution in [3.63, 3.8) is 0 Å². The van der Waals surface area contributed by atoms with Gasteiger partial charge in [-0.3, -0.25) is 4.79 Å². The van der Waals surface area contributed by atoms with E-state index in [-0.39, 0.29) is 17.0 Å². The van der Waals surface area contributed by atoms with E-state index in [1.807, 2.05) is 0 Å². The Hall–Kier alpha value is -2.08. The highest BCUT2D eigenvalue weighted by molar-refractivity contribution is 5.97. The van der Waals surface area contributed by atoms with Crippen LogP contribution in [0.3, 0.4) is 0 Å². The maximum atomic E-state index is 11.5. The van der Waals surface area contributed by atoms with Gasteiger partial charge in [-0.2, -0.15) is 0 Å². The van der Waals surface area contributed by atoms with E-state index in [1.165, 1.54) is 18.2 Å². The lowest BCUT2D eigenvalue weighted by Gasteiger charge is -2.11. The highest BCUT2D eigenvalue weighted by Gasteiger charge is 2.14. The third-order valence-electron chi connectivity index (χ3n) is 2.28. The van der Waals surface area contributed by atoms with Crippen molar-refractivity contribution < 1.29 is 19.8 Å². The molecule has 0 fully saturated rings. The van der Waals surface area contributed by atoms with Gasteiger partial charge in [0.25, 0.3) is 0 Å². The number of amides is 1. The SMILES string of the molecule is CC[C@@H](N)C(=O)Nc1cc(C(=O)O)ccc1O. The molecule has 0 radical (unpaired) electrons. The van der Waals surface area contributed by atoms with Gasteiger partial charge in [0.05, 0.1) is 17.3 Å². The number of nitrogens with two attached hydrogens (primary N) is 1. The molecule has 1 aromatic rings. The summed E-state index contributed by atoms with van der Waals surface area (Å²) in [5.41, 5.74) is 5.52. The van der Waals surface area contributed by atoms with E-state index < -0.39 is 17.9 Å². The Morgan fingerprint density at radius 2 is 2.12 bits per heavy atom. The molecule has 0 bridgehead atoms. The number of carbonyl (C=O) groups is 2. The Labute approximate surface area is 98.1 Å². The van der Waals surface area contributed by atoms with Crippen LogP contribution in [-0.4, -0.2) is 28.1 Å². The fourth-order valence-corrected chi connectivity index (χ4v) is 1.18. The van der Waals surface area contributed by atoms with Crippen LogP contribution in [-0.2, 0) is 4.79 Å². The van der Waals surface area contributed by atoms with Crippen LogP contribution in [0.2, 0.25) is 0 Å². The van der Waals surface area contributed by atoms with Crippen molar-refractivity contribution in [3.8, 4) is 5.75 Å². The second kappa shape index (κ2) is 5.31. The molecule has 1 rings (SSSR count). The third kappa shape index (κ3) is 3.18. The number of hydrogen-bond acceptors (Lipinski definition) is 4.